The van der Waals surface area contributed by atoms with Crippen LogP contribution >= 0.6 is 23.2 Å². The molecule has 0 atom stereocenters. The van der Waals surface area contributed by atoms with Crippen LogP contribution in [0.3, 0.4) is 0 Å². The fraction of sp³-hybridized carbons (Fsp3) is 0.0909. The van der Waals surface area contributed by atoms with E-state index >= 15 is 0 Å². The molecule has 10 heteroatoms. The summed E-state index contributed by atoms with van der Waals surface area (Å²) in [6.45, 7) is 0. The van der Waals surface area contributed by atoms with E-state index in [0.29, 0.717) is 0 Å². The molecule has 2 heterocycles. The summed E-state index contributed by atoms with van der Waals surface area (Å²) in [7, 11) is 0. The van der Waals surface area contributed by atoms with Crippen LogP contribution in [0, 0.1) is 0 Å². The fourth-order valence-electron chi connectivity index (χ4n) is 0.926. The van der Waals surface area contributed by atoms with E-state index in [1.807, 2.05) is 0 Å². The van der Waals surface area contributed by atoms with Gasteiger partial charge in [0.25, 0.3) is 5.91 Å². The third-order valence-corrected chi connectivity index (χ3v) is 2.09. The Kier molecular flexibility index (Phi) is 7.80. The molecule has 2 aromatic rings. The second-order valence-electron chi connectivity index (χ2n) is 3.09. The lowest BCUT2D eigenvalue weighted by Crippen LogP contribution is -2.12. The standard InChI is InChI=1S/C5H4ClN3O.C5H3ClN2O2.CH4/c6-5-8-2-1-3(9-5)4(7)10;6-5-7-2-1-3(8-5)4(9)10;/h1-2H,(H2,7,10);1-2H,(H,9,10);1H4. The molecule has 0 saturated heterocycles. The minimum atomic E-state index is -1.11. The molecule has 0 unspecified atom stereocenters. The number of halogens is 2. The SMILES string of the molecule is C.NC(=O)c1ccnc(Cl)n1.O=C(O)c1ccnc(Cl)n1. The van der Waals surface area contributed by atoms with Crippen LogP contribution in [0.1, 0.15) is 28.4 Å². The number of carboxylic acid groups (broad SMARTS) is 1. The van der Waals surface area contributed by atoms with Crippen molar-refractivity contribution in [3.63, 3.8) is 0 Å². The number of hydrogen-bond acceptors (Lipinski definition) is 6. The number of primary amides is 1. The third-order valence-electron chi connectivity index (χ3n) is 1.72. The van der Waals surface area contributed by atoms with Gasteiger partial charge in [-0.05, 0) is 35.3 Å². The summed E-state index contributed by atoms with van der Waals surface area (Å²) in [5.41, 5.74) is 4.92. The molecule has 3 N–H and O–H groups in total. The first-order valence-corrected chi connectivity index (χ1v) is 5.66. The number of amides is 1. The minimum Gasteiger partial charge on any atom is -0.477 e. The Hall–Kier alpha value is -2.32. The number of aromatic carboxylic acids is 1. The summed E-state index contributed by atoms with van der Waals surface area (Å²) in [6.07, 6.45) is 2.66. The molecule has 0 radical (unpaired) electrons. The van der Waals surface area contributed by atoms with Gasteiger partial charge in [-0.1, -0.05) is 7.43 Å². The maximum absolute atomic E-state index is 10.4. The topological polar surface area (TPSA) is 132 Å². The molecular weight excluding hydrogens is 321 g/mol. The summed E-state index contributed by atoms with van der Waals surface area (Å²) >= 11 is 10.7. The molecule has 8 nitrogen and oxygen atoms in total. The van der Waals surface area contributed by atoms with Crippen molar-refractivity contribution in [2.75, 3.05) is 0 Å². The van der Waals surface area contributed by atoms with Gasteiger partial charge < -0.3 is 10.8 Å². The van der Waals surface area contributed by atoms with Crippen LogP contribution in [-0.2, 0) is 0 Å². The highest BCUT2D eigenvalue weighted by Crippen LogP contribution is 2.00. The van der Waals surface area contributed by atoms with Gasteiger partial charge in [0.15, 0.2) is 5.69 Å². The van der Waals surface area contributed by atoms with E-state index in [9.17, 15) is 9.59 Å². The molecular formula is C11H11Cl2N5O3. The zero-order chi connectivity index (χ0) is 15.1. The number of hydrogen-bond donors (Lipinski definition) is 2. The molecule has 21 heavy (non-hydrogen) atoms. The van der Waals surface area contributed by atoms with Crippen LogP contribution < -0.4 is 5.73 Å². The highest BCUT2D eigenvalue weighted by atomic mass is 35.5. The quantitative estimate of drug-likeness (QED) is 0.800. The van der Waals surface area contributed by atoms with E-state index in [0.717, 1.165) is 0 Å². The predicted molar refractivity (Wildman–Crippen MR) is 76.3 cm³/mol. The Morgan fingerprint density at radius 1 is 1.00 bits per heavy atom. The van der Waals surface area contributed by atoms with Crippen molar-refractivity contribution in [3.8, 4) is 0 Å². The summed E-state index contributed by atoms with van der Waals surface area (Å²) in [6, 6.07) is 2.67. The molecule has 0 bridgehead atoms. The average molecular weight is 332 g/mol. The largest absolute Gasteiger partial charge is 0.477 e. The summed E-state index contributed by atoms with van der Waals surface area (Å²) < 4.78 is 0. The fourth-order valence-corrected chi connectivity index (χ4v) is 1.22. The van der Waals surface area contributed by atoms with Gasteiger partial charge in [0, 0.05) is 12.4 Å². The van der Waals surface area contributed by atoms with Gasteiger partial charge in [0.05, 0.1) is 0 Å². The van der Waals surface area contributed by atoms with Crippen LogP contribution in [0.15, 0.2) is 24.5 Å². The Bertz CT molecular complexity index is 583. The van der Waals surface area contributed by atoms with E-state index in [1.165, 1.54) is 24.5 Å². The lowest BCUT2D eigenvalue weighted by Gasteiger charge is -1.91. The number of carboxylic acids is 1. The Balaban J connectivity index is 0.000000364. The second kappa shape index (κ2) is 8.77. The number of carbonyl (C=O) groups is 2. The monoisotopic (exact) mass is 331 g/mol. The third kappa shape index (κ3) is 6.59. The van der Waals surface area contributed by atoms with Crippen molar-refractivity contribution in [1.29, 1.82) is 0 Å². The van der Waals surface area contributed by atoms with Crippen molar-refractivity contribution in [1.82, 2.24) is 19.9 Å². The normalized spacial score (nSPS) is 8.86. The summed E-state index contributed by atoms with van der Waals surface area (Å²) in [5, 5.41) is 8.33. The number of carbonyl (C=O) groups excluding carboxylic acids is 1. The molecule has 2 aromatic heterocycles. The van der Waals surface area contributed by atoms with Crippen LogP contribution in [0.5, 0.6) is 0 Å². The summed E-state index contributed by atoms with van der Waals surface area (Å²) in [4.78, 5) is 34.7. The van der Waals surface area contributed by atoms with Crippen LogP contribution in [0.4, 0.5) is 0 Å². The van der Waals surface area contributed by atoms with Crippen molar-refractivity contribution in [3.05, 3.63) is 46.5 Å². The Morgan fingerprint density at radius 3 is 1.71 bits per heavy atom. The van der Waals surface area contributed by atoms with Gasteiger partial charge in [0.1, 0.15) is 5.69 Å². The van der Waals surface area contributed by atoms with Gasteiger partial charge in [-0.2, -0.15) is 0 Å². The lowest BCUT2D eigenvalue weighted by molar-refractivity contribution is 0.0690. The predicted octanol–water partition coefficient (Wildman–Crippen LogP) is 1.69. The minimum absolute atomic E-state index is 0. The van der Waals surface area contributed by atoms with E-state index in [4.69, 9.17) is 34.0 Å². The number of nitrogens with two attached hydrogens (primary N) is 1. The van der Waals surface area contributed by atoms with Crippen molar-refractivity contribution >= 4 is 35.1 Å². The number of aromatic nitrogens is 4. The van der Waals surface area contributed by atoms with Crippen molar-refractivity contribution < 1.29 is 14.7 Å². The smallest absolute Gasteiger partial charge is 0.354 e. The molecule has 0 saturated carbocycles. The molecule has 0 fully saturated rings. The van der Waals surface area contributed by atoms with Gasteiger partial charge in [-0.15, -0.1) is 0 Å². The molecule has 0 aliphatic heterocycles. The maximum Gasteiger partial charge on any atom is 0.354 e. The van der Waals surface area contributed by atoms with Crippen molar-refractivity contribution in [2.24, 2.45) is 5.73 Å². The van der Waals surface area contributed by atoms with Crippen molar-refractivity contribution in [2.45, 2.75) is 7.43 Å². The Morgan fingerprint density at radius 2 is 1.43 bits per heavy atom. The molecule has 0 aromatic carbocycles. The Labute approximate surface area is 130 Å². The van der Waals surface area contributed by atoms with E-state index in [-0.39, 0.29) is 29.4 Å². The van der Waals surface area contributed by atoms with Gasteiger partial charge in [-0.25, -0.2) is 24.7 Å². The highest BCUT2D eigenvalue weighted by molar-refractivity contribution is 6.28. The molecule has 0 aliphatic rings. The average Bonchev–Trinajstić information content (AvgIpc) is 2.39. The molecule has 1 amide bonds. The van der Waals surface area contributed by atoms with Gasteiger partial charge in [0.2, 0.25) is 10.6 Å². The van der Waals surface area contributed by atoms with Gasteiger partial charge >= 0.3 is 5.97 Å². The summed E-state index contributed by atoms with van der Waals surface area (Å²) in [5.74, 6) is -1.71. The highest BCUT2D eigenvalue weighted by Gasteiger charge is 2.03. The van der Waals surface area contributed by atoms with E-state index in [1.54, 1.807) is 0 Å². The van der Waals surface area contributed by atoms with E-state index < -0.39 is 11.9 Å². The zero-order valence-electron chi connectivity index (χ0n) is 9.70. The van der Waals surface area contributed by atoms with E-state index in [2.05, 4.69) is 19.9 Å². The lowest BCUT2D eigenvalue weighted by atomic mass is 10.4. The van der Waals surface area contributed by atoms with Crippen LogP contribution in [0.25, 0.3) is 0 Å². The van der Waals surface area contributed by atoms with Gasteiger partial charge in [-0.3, -0.25) is 4.79 Å². The van der Waals surface area contributed by atoms with Crippen LogP contribution in [-0.4, -0.2) is 36.9 Å². The molecule has 112 valence electrons. The maximum atomic E-state index is 10.4. The second-order valence-corrected chi connectivity index (χ2v) is 3.77. The first-order chi connectivity index (χ1) is 9.40. The number of nitrogens with zero attached hydrogens (tertiary/aromatic N) is 4. The zero-order valence-corrected chi connectivity index (χ0v) is 11.2. The molecule has 0 aliphatic carbocycles. The number of rotatable bonds is 2. The molecule has 0 spiro atoms. The first-order valence-electron chi connectivity index (χ1n) is 4.90. The van der Waals surface area contributed by atoms with Crippen LogP contribution in [0.2, 0.25) is 10.6 Å². The first kappa shape index (κ1) is 18.7. The molecule has 2 rings (SSSR count).